The van der Waals surface area contributed by atoms with E-state index in [1.165, 1.54) is 0 Å². The van der Waals surface area contributed by atoms with Crippen LogP contribution in [0.1, 0.15) is 16.2 Å². The van der Waals surface area contributed by atoms with Gasteiger partial charge in [0.15, 0.2) is 0 Å². The highest BCUT2D eigenvalue weighted by molar-refractivity contribution is 9.10. The normalized spacial score (nSPS) is 15.2. The number of aromatic nitrogens is 2. The minimum atomic E-state index is -0.113. The summed E-state index contributed by atoms with van der Waals surface area (Å²) in [5, 5.41) is 0.602. The fourth-order valence-corrected chi connectivity index (χ4v) is 3.79. The average molecular weight is 427 g/mol. The van der Waals surface area contributed by atoms with Gasteiger partial charge < -0.3 is 9.88 Å². The van der Waals surface area contributed by atoms with Crippen molar-refractivity contribution in [2.45, 2.75) is 6.54 Å². The van der Waals surface area contributed by atoms with Gasteiger partial charge in [0.2, 0.25) is 0 Å². The standard InChI is InChI=1S/C20H19BrN4O2/c21-16-7-3-1-5-14(16)20(27)25-11-9-24(10-12-25)13-18-22-17-8-4-2-6-15(17)19(26)23-18/h1-8H,9-13H2,(H,22,23,26). The van der Waals surface area contributed by atoms with Gasteiger partial charge in [0.05, 0.1) is 23.0 Å². The number of para-hydroxylation sites is 1. The fourth-order valence-electron chi connectivity index (χ4n) is 3.34. The molecule has 0 radical (unpaired) electrons. The molecule has 0 spiro atoms. The number of H-pyrrole nitrogens is 1. The van der Waals surface area contributed by atoms with Crippen LogP contribution in [-0.4, -0.2) is 51.9 Å². The summed E-state index contributed by atoms with van der Waals surface area (Å²) >= 11 is 3.45. The van der Waals surface area contributed by atoms with Crippen molar-refractivity contribution in [3.8, 4) is 0 Å². The number of benzene rings is 2. The van der Waals surface area contributed by atoms with Gasteiger partial charge >= 0.3 is 0 Å². The third-order valence-corrected chi connectivity index (χ3v) is 5.49. The van der Waals surface area contributed by atoms with E-state index >= 15 is 0 Å². The molecule has 138 valence electrons. The quantitative estimate of drug-likeness (QED) is 0.698. The lowest BCUT2D eigenvalue weighted by Gasteiger charge is -2.34. The summed E-state index contributed by atoms with van der Waals surface area (Å²) in [5.41, 5.74) is 1.28. The van der Waals surface area contributed by atoms with Gasteiger partial charge in [0.1, 0.15) is 5.82 Å². The van der Waals surface area contributed by atoms with E-state index in [1.807, 2.05) is 47.4 Å². The number of hydrogen-bond acceptors (Lipinski definition) is 4. The molecule has 6 nitrogen and oxygen atoms in total. The number of nitrogens with zero attached hydrogens (tertiary/aromatic N) is 3. The first kappa shape index (κ1) is 17.9. The van der Waals surface area contributed by atoms with Crippen LogP contribution in [0.2, 0.25) is 0 Å². The van der Waals surface area contributed by atoms with Gasteiger partial charge in [0, 0.05) is 30.7 Å². The van der Waals surface area contributed by atoms with E-state index < -0.39 is 0 Å². The highest BCUT2D eigenvalue weighted by atomic mass is 79.9. The van der Waals surface area contributed by atoms with E-state index in [0.29, 0.717) is 41.9 Å². The molecule has 1 aliphatic rings. The van der Waals surface area contributed by atoms with Gasteiger partial charge in [-0.15, -0.1) is 0 Å². The first-order valence-corrected chi connectivity index (χ1v) is 9.65. The summed E-state index contributed by atoms with van der Waals surface area (Å²) in [6.07, 6.45) is 0. The molecule has 1 fully saturated rings. The molecule has 0 atom stereocenters. The van der Waals surface area contributed by atoms with Crippen LogP contribution >= 0.6 is 15.9 Å². The van der Waals surface area contributed by atoms with Crippen molar-refractivity contribution in [2.24, 2.45) is 0 Å². The molecule has 0 saturated carbocycles. The number of halogens is 1. The first-order valence-electron chi connectivity index (χ1n) is 8.86. The van der Waals surface area contributed by atoms with Crippen LogP contribution in [0.15, 0.2) is 57.8 Å². The van der Waals surface area contributed by atoms with Gasteiger partial charge in [-0.25, -0.2) is 4.98 Å². The predicted molar refractivity (Wildman–Crippen MR) is 108 cm³/mol. The van der Waals surface area contributed by atoms with Crippen LogP contribution in [0.3, 0.4) is 0 Å². The minimum Gasteiger partial charge on any atom is -0.336 e. The Hall–Kier alpha value is -2.51. The number of fused-ring (bicyclic) bond motifs is 1. The van der Waals surface area contributed by atoms with Gasteiger partial charge in [-0.2, -0.15) is 0 Å². The second kappa shape index (κ2) is 7.62. The lowest BCUT2D eigenvalue weighted by atomic mass is 10.2. The molecular formula is C20H19BrN4O2. The van der Waals surface area contributed by atoms with Gasteiger partial charge in [-0.05, 0) is 40.2 Å². The molecule has 1 saturated heterocycles. The number of rotatable bonds is 3. The van der Waals surface area contributed by atoms with E-state index in [9.17, 15) is 9.59 Å². The summed E-state index contributed by atoms with van der Waals surface area (Å²) in [6, 6.07) is 14.8. The summed E-state index contributed by atoms with van der Waals surface area (Å²) in [5.74, 6) is 0.698. The lowest BCUT2D eigenvalue weighted by Crippen LogP contribution is -2.48. The lowest BCUT2D eigenvalue weighted by molar-refractivity contribution is 0.0624. The Balaban J connectivity index is 1.42. The van der Waals surface area contributed by atoms with Crippen molar-refractivity contribution in [3.63, 3.8) is 0 Å². The molecule has 1 N–H and O–H groups in total. The number of amides is 1. The third-order valence-electron chi connectivity index (χ3n) is 4.80. The molecule has 2 aromatic carbocycles. The van der Waals surface area contributed by atoms with Gasteiger partial charge in [0.25, 0.3) is 11.5 Å². The van der Waals surface area contributed by atoms with Crippen LogP contribution < -0.4 is 5.56 Å². The topological polar surface area (TPSA) is 69.3 Å². The largest absolute Gasteiger partial charge is 0.336 e. The fraction of sp³-hybridized carbons (Fsp3) is 0.250. The molecule has 0 aliphatic carbocycles. The number of carbonyl (C=O) groups is 1. The first-order chi connectivity index (χ1) is 13.1. The number of aromatic amines is 1. The van der Waals surface area contributed by atoms with Crippen LogP contribution in [0.5, 0.6) is 0 Å². The molecular weight excluding hydrogens is 408 g/mol. The second-order valence-electron chi connectivity index (χ2n) is 6.58. The van der Waals surface area contributed by atoms with E-state index in [1.54, 1.807) is 6.07 Å². The highest BCUT2D eigenvalue weighted by Crippen LogP contribution is 2.19. The molecule has 1 amide bonds. The van der Waals surface area contributed by atoms with E-state index in [-0.39, 0.29) is 11.5 Å². The molecule has 1 aliphatic heterocycles. The average Bonchev–Trinajstić information content (AvgIpc) is 2.68. The molecule has 27 heavy (non-hydrogen) atoms. The second-order valence-corrected chi connectivity index (χ2v) is 7.43. The number of hydrogen-bond donors (Lipinski definition) is 1. The van der Waals surface area contributed by atoms with E-state index in [0.717, 1.165) is 17.6 Å². The van der Waals surface area contributed by atoms with Crippen LogP contribution in [0.4, 0.5) is 0 Å². The zero-order valence-electron chi connectivity index (χ0n) is 14.7. The monoisotopic (exact) mass is 426 g/mol. The molecule has 3 aromatic rings. The van der Waals surface area contributed by atoms with E-state index in [2.05, 4.69) is 30.8 Å². The van der Waals surface area contributed by atoms with Crippen molar-refractivity contribution in [2.75, 3.05) is 26.2 Å². The Bertz CT molecular complexity index is 1040. The van der Waals surface area contributed by atoms with Crippen LogP contribution in [0.25, 0.3) is 10.9 Å². The Morgan fingerprint density at radius 2 is 1.74 bits per heavy atom. The summed E-state index contributed by atoms with van der Waals surface area (Å²) < 4.78 is 0.815. The Kier molecular flexibility index (Phi) is 5.05. The summed E-state index contributed by atoms with van der Waals surface area (Å²) in [7, 11) is 0. The van der Waals surface area contributed by atoms with Gasteiger partial charge in [-0.3, -0.25) is 14.5 Å². The van der Waals surface area contributed by atoms with Crippen LogP contribution in [0, 0.1) is 0 Å². The molecule has 1 aromatic heterocycles. The Morgan fingerprint density at radius 1 is 1.04 bits per heavy atom. The molecule has 0 unspecified atom stereocenters. The zero-order chi connectivity index (χ0) is 18.8. The van der Waals surface area contributed by atoms with Crippen LogP contribution in [-0.2, 0) is 6.54 Å². The van der Waals surface area contributed by atoms with E-state index in [4.69, 9.17) is 0 Å². The summed E-state index contributed by atoms with van der Waals surface area (Å²) in [6.45, 7) is 3.35. The summed E-state index contributed by atoms with van der Waals surface area (Å²) in [4.78, 5) is 36.4. The third kappa shape index (κ3) is 3.79. The smallest absolute Gasteiger partial charge is 0.258 e. The number of nitrogens with one attached hydrogen (secondary N) is 1. The van der Waals surface area contributed by atoms with Crippen molar-refractivity contribution < 1.29 is 4.79 Å². The SMILES string of the molecule is O=C(c1ccccc1Br)N1CCN(Cc2nc3ccccc3c(=O)[nH]2)CC1. The number of piperazine rings is 1. The van der Waals surface area contributed by atoms with Crippen molar-refractivity contribution >= 4 is 32.7 Å². The number of carbonyl (C=O) groups excluding carboxylic acids is 1. The maximum absolute atomic E-state index is 12.7. The van der Waals surface area contributed by atoms with Crippen molar-refractivity contribution in [3.05, 3.63) is 74.7 Å². The highest BCUT2D eigenvalue weighted by Gasteiger charge is 2.23. The molecule has 0 bridgehead atoms. The molecule has 2 heterocycles. The molecule has 4 rings (SSSR count). The predicted octanol–water partition coefficient (Wildman–Crippen LogP) is 2.64. The Labute approximate surface area is 165 Å². The van der Waals surface area contributed by atoms with Crippen molar-refractivity contribution in [1.82, 2.24) is 19.8 Å². The minimum absolute atomic E-state index is 0.0411. The molecule has 7 heteroatoms. The van der Waals surface area contributed by atoms with Gasteiger partial charge in [-0.1, -0.05) is 24.3 Å². The maximum Gasteiger partial charge on any atom is 0.258 e. The van der Waals surface area contributed by atoms with Crippen molar-refractivity contribution in [1.29, 1.82) is 0 Å². The Morgan fingerprint density at radius 3 is 2.52 bits per heavy atom. The maximum atomic E-state index is 12.7. The zero-order valence-corrected chi connectivity index (χ0v) is 16.3.